The van der Waals surface area contributed by atoms with Gasteiger partial charge in [0.05, 0.1) is 11.1 Å². The molecule has 0 saturated heterocycles. The highest BCUT2D eigenvalue weighted by molar-refractivity contribution is 6.18. The molecule has 0 saturated carbocycles. The van der Waals surface area contributed by atoms with Gasteiger partial charge in [0.2, 0.25) is 0 Å². The third kappa shape index (κ3) is 3.24. The van der Waals surface area contributed by atoms with Gasteiger partial charge >= 0.3 is 0 Å². The van der Waals surface area contributed by atoms with Crippen molar-refractivity contribution in [2.75, 3.05) is 12.4 Å². The Labute approximate surface area is 118 Å². The van der Waals surface area contributed by atoms with Crippen molar-refractivity contribution in [2.24, 2.45) is 5.92 Å². The van der Waals surface area contributed by atoms with Gasteiger partial charge in [-0.25, -0.2) is 0 Å². The molecule has 0 aliphatic heterocycles. The lowest BCUT2D eigenvalue weighted by Crippen LogP contribution is -2.29. The van der Waals surface area contributed by atoms with Crippen molar-refractivity contribution in [2.45, 2.75) is 13.8 Å². The Morgan fingerprint density at radius 2 is 2.16 bits per heavy atom. The van der Waals surface area contributed by atoms with Gasteiger partial charge in [-0.05, 0) is 25.0 Å². The second kappa shape index (κ2) is 6.02. The number of para-hydroxylation sites is 1. The maximum atomic E-state index is 12.2. The van der Waals surface area contributed by atoms with E-state index in [1.807, 2.05) is 44.2 Å². The minimum atomic E-state index is -0.0707. The van der Waals surface area contributed by atoms with Crippen molar-refractivity contribution >= 4 is 28.4 Å². The quantitative estimate of drug-likeness (QED) is 0.872. The van der Waals surface area contributed by atoms with E-state index in [1.54, 1.807) is 0 Å². The van der Waals surface area contributed by atoms with Crippen molar-refractivity contribution < 1.29 is 4.79 Å². The van der Waals surface area contributed by atoms with Crippen molar-refractivity contribution in [3.05, 3.63) is 41.6 Å². The van der Waals surface area contributed by atoms with Gasteiger partial charge in [0.25, 0.3) is 5.91 Å². The average molecular weight is 277 g/mol. The molecule has 0 aliphatic carbocycles. The van der Waals surface area contributed by atoms with Crippen LogP contribution >= 0.6 is 11.6 Å². The first-order valence-electron chi connectivity index (χ1n) is 6.32. The molecule has 1 aromatic heterocycles. The first kappa shape index (κ1) is 13.8. The number of halogens is 1. The third-order valence-corrected chi connectivity index (χ3v) is 3.49. The van der Waals surface area contributed by atoms with Crippen LogP contribution in [0.15, 0.2) is 30.3 Å². The Hall–Kier alpha value is -1.61. The van der Waals surface area contributed by atoms with Gasteiger partial charge in [-0.15, -0.1) is 11.6 Å². The lowest BCUT2D eigenvalue weighted by Gasteiger charge is -2.11. The smallest absolute Gasteiger partial charge is 0.252 e. The van der Waals surface area contributed by atoms with E-state index in [0.29, 0.717) is 18.0 Å². The van der Waals surface area contributed by atoms with Crippen LogP contribution in [0.2, 0.25) is 0 Å². The van der Waals surface area contributed by atoms with Crippen molar-refractivity contribution in [3.8, 4) is 0 Å². The summed E-state index contributed by atoms with van der Waals surface area (Å²) in [5.41, 5.74) is 2.36. The standard InChI is InChI=1S/C15H17ClN2O/c1-10(8-16)9-17-15(19)13-7-11(2)18-14-6-4-3-5-12(13)14/h3-7,10H,8-9H2,1-2H3,(H,17,19). The van der Waals surface area contributed by atoms with Gasteiger partial charge in [0.1, 0.15) is 0 Å². The molecule has 2 aromatic rings. The number of fused-ring (bicyclic) bond motifs is 1. The number of rotatable bonds is 4. The highest BCUT2D eigenvalue weighted by Gasteiger charge is 2.12. The van der Waals surface area contributed by atoms with Gasteiger partial charge in [-0.1, -0.05) is 25.1 Å². The summed E-state index contributed by atoms with van der Waals surface area (Å²) in [7, 11) is 0. The fourth-order valence-electron chi connectivity index (χ4n) is 1.91. The summed E-state index contributed by atoms with van der Waals surface area (Å²) in [6.07, 6.45) is 0. The van der Waals surface area contributed by atoms with E-state index in [2.05, 4.69) is 10.3 Å². The summed E-state index contributed by atoms with van der Waals surface area (Å²) in [6, 6.07) is 9.49. The second-order valence-corrected chi connectivity index (χ2v) is 5.11. The van der Waals surface area contributed by atoms with Crippen LogP contribution in [-0.2, 0) is 0 Å². The molecule has 1 atom stereocenters. The van der Waals surface area contributed by atoms with Gasteiger partial charge in [0, 0.05) is 23.5 Å². The van der Waals surface area contributed by atoms with E-state index in [4.69, 9.17) is 11.6 Å². The molecule has 0 aliphatic rings. The monoisotopic (exact) mass is 276 g/mol. The van der Waals surface area contributed by atoms with E-state index in [9.17, 15) is 4.79 Å². The molecular formula is C15H17ClN2O. The minimum Gasteiger partial charge on any atom is -0.352 e. The van der Waals surface area contributed by atoms with Crippen molar-refractivity contribution in [3.63, 3.8) is 0 Å². The number of hydrogen-bond donors (Lipinski definition) is 1. The van der Waals surface area contributed by atoms with E-state index < -0.39 is 0 Å². The van der Waals surface area contributed by atoms with Crippen molar-refractivity contribution in [1.82, 2.24) is 10.3 Å². The Balaban J connectivity index is 2.31. The molecule has 4 heteroatoms. The number of carbonyl (C=O) groups is 1. The predicted molar refractivity (Wildman–Crippen MR) is 78.7 cm³/mol. The maximum absolute atomic E-state index is 12.2. The highest BCUT2D eigenvalue weighted by atomic mass is 35.5. The van der Waals surface area contributed by atoms with Gasteiger partial charge in [-0.2, -0.15) is 0 Å². The number of benzene rings is 1. The van der Waals surface area contributed by atoms with Crippen LogP contribution in [0.25, 0.3) is 10.9 Å². The number of hydrogen-bond acceptors (Lipinski definition) is 2. The molecule has 1 amide bonds. The van der Waals surface area contributed by atoms with Gasteiger partial charge < -0.3 is 5.32 Å². The van der Waals surface area contributed by atoms with Gasteiger partial charge in [-0.3, -0.25) is 9.78 Å². The van der Waals surface area contributed by atoms with Crippen LogP contribution in [0.1, 0.15) is 23.0 Å². The Kier molecular flexibility index (Phi) is 4.38. The topological polar surface area (TPSA) is 42.0 Å². The SMILES string of the molecule is Cc1cc(C(=O)NCC(C)CCl)c2ccccc2n1. The molecule has 1 aromatic carbocycles. The molecule has 0 spiro atoms. The normalized spacial score (nSPS) is 12.4. The largest absolute Gasteiger partial charge is 0.352 e. The fraction of sp³-hybridized carbons (Fsp3) is 0.333. The number of nitrogens with one attached hydrogen (secondary N) is 1. The van der Waals surface area contributed by atoms with E-state index in [0.717, 1.165) is 16.6 Å². The second-order valence-electron chi connectivity index (χ2n) is 4.80. The number of pyridine rings is 1. The zero-order chi connectivity index (χ0) is 13.8. The molecule has 100 valence electrons. The first-order valence-corrected chi connectivity index (χ1v) is 6.86. The number of amides is 1. The summed E-state index contributed by atoms with van der Waals surface area (Å²) in [4.78, 5) is 16.7. The molecule has 0 bridgehead atoms. The van der Waals surface area contributed by atoms with E-state index >= 15 is 0 Å². The number of carbonyl (C=O) groups excluding carboxylic acids is 1. The molecule has 1 unspecified atom stereocenters. The van der Waals surface area contributed by atoms with Gasteiger partial charge in [0.15, 0.2) is 0 Å². The summed E-state index contributed by atoms with van der Waals surface area (Å²) in [5, 5.41) is 3.80. The molecule has 2 rings (SSSR count). The molecule has 0 fully saturated rings. The molecular weight excluding hydrogens is 260 g/mol. The van der Waals surface area contributed by atoms with Crippen LogP contribution in [0.3, 0.4) is 0 Å². The zero-order valence-electron chi connectivity index (χ0n) is 11.1. The predicted octanol–water partition coefficient (Wildman–Crippen LogP) is 3.15. The molecule has 1 heterocycles. The van der Waals surface area contributed by atoms with Crippen LogP contribution in [0.4, 0.5) is 0 Å². The molecule has 0 radical (unpaired) electrons. The minimum absolute atomic E-state index is 0.0707. The molecule has 19 heavy (non-hydrogen) atoms. The maximum Gasteiger partial charge on any atom is 0.252 e. The summed E-state index contributed by atoms with van der Waals surface area (Å²) >= 11 is 5.74. The van der Waals surface area contributed by atoms with Crippen LogP contribution in [-0.4, -0.2) is 23.3 Å². The van der Waals surface area contributed by atoms with Crippen LogP contribution in [0, 0.1) is 12.8 Å². The fourth-order valence-corrected chi connectivity index (χ4v) is 2.02. The highest BCUT2D eigenvalue weighted by Crippen LogP contribution is 2.18. The van der Waals surface area contributed by atoms with Crippen LogP contribution in [0.5, 0.6) is 0 Å². The number of alkyl halides is 1. The number of aromatic nitrogens is 1. The average Bonchev–Trinajstić information content (AvgIpc) is 2.43. The first-order chi connectivity index (χ1) is 9.11. The lowest BCUT2D eigenvalue weighted by molar-refractivity contribution is 0.0950. The zero-order valence-corrected chi connectivity index (χ0v) is 11.9. The van der Waals surface area contributed by atoms with Crippen molar-refractivity contribution in [1.29, 1.82) is 0 Å². The van der Waals surface area contributed by atoms with Crippen LogP contribution < -0.4 is 5.32 Å². The Morgan fingerprint density at radius 3 is 2.89 bits per heavy atom. The number of aryl methyl sites for hydroxylation is 1. The van der Waals surface area contributed by atoms with E-state index in [-0.39, 0.29) is 11.8 Å². The summed E-state index contributed by atoms with van der Waals surface area (Å²) in [6.45, 7) is 4.48. The van der Waals surface area contributed by atoms with E-state index in [1.165, 1.54) is 0 Å². The Bertz CT molecular complexity index is 598. The number of nitrogens with zero attached hydrogens (tertiary/aromatic N) is 1. The molecule has 1 N–H and O–H groups in total. The Morgan fingerprint density at radius 1 is 1.42 bits per heavy atom. The molecule has 3 nitrogen and oxygen atoms in total. The summed E-state index contributed by atoms with van der Waals surface area (Å²) < 4.78 is 0. The third-order valence-electron chi connectivity index (χ3n) is 2.96. The summed E-state index contributed by atoms with van der Waals surface area (Å²) in [5.74, 6) is 0.731. The lowest BCUT2D eigenvalue weighted by atomic mass is 10.1.